The predicted molar refractivity (Wildman–Crippen MR) is 147 cm³/mol. The van der Waals surface area contributed by atoms with Crippen molar-refractivity contribution in [3.8, 4) is 5.75 Å². The van der Waals surface area contributed by atoms with Gasteiger partial charge in [0.15, 0.2) is 0 Å². The molecule has 1 N–H and O–H groups in total. The molecule has 0 aliphatic rings. The zero-order chi connectivity index (χ0) is 26.9. The maximum Gasteiger partial charge on any atom is 0.339 e. The van der Waals surface area contributed by atoms with E-state index >= 15 is 0 Å². The Morgan fingerprint density at radius 3 is 2.32 bits per heavy atom. The summed E-state index contributed by atoms with van der Waals surface area (Å²) in [6.07, 6.45) is 1.66. The number of aromatic carboxylic acids is 1. The number of carbonyl (C=O) groups is 1. The van der Waals surface area contributed by atoms with Gasteiger partial charge in [0.25, 0.3) is 0 Å². The molecule has 3 aromatic carbocycles. The van der Waals surface area contributed by atoms with E-state index in [1.54, 1.807) is 36.4 Å². The van der Waals surface area contributed by atoms with Gasteiger partial charge in [0, 0.05) is 22.5 Å². The summed E-state index contributed by atoms with van der Waals surface area (Å²) in [5.41, 5.74) is 3.47. The lowest BCUT2D eigenvalue weighted by molar-refractivity contribution is 0.0693. The Hall–Kier alpha value is -3.55. The van der Waals surface area contributed by atoms with E-state index in [0.717, 1.165) is 5.56 Å². The minimum Gasteiger partial charge on any atom is -0.496 e. The van der Waals surface area contributed by atoms with Crippen LogP contribution in [0.4, 0.5) is 0 Å². The fraction of sp³-hybridized carbons (Fsp3) is 0.207. The lowest BCUT2D eigenvalue weighted by Gasteiger charge is -2.19. The van der Waals surface area contributed by atoms with Crippen LogP contribution < -0.4 is 4.74 Å². The van der Waals surface area contributed by atoms with Crippen LogP contribution in [-0.2, 0) is 16.4 Å². The summed E-state index contributed by atoms with van der Waals surface area (Å²) < 4.78 is 35.0. The summed E-state index contributed by atoms with van der Waals surface area (Å²) in [5, 5.41) is 9.59. The van der Waals surface area contributed by atoms with Gasteiger partial charge in [-0.3, -0.25) is 0 Å². The van der Waals surface area contributed by atoms with Crippen LogP contribution in [0.1, 0.15) is 57.8 Å². The molecule has 0 fully saturated rings. The molecule has 192 valence electrons. The molecule has 8 heteroatoms. The minimum absolute atomic E-state index is 0.0303. The fourth-order valence-electron chi connectivity index (χ4n) is 4.49. The molecule has 0 saturated carbocycles. The monoisotopic (exact) mass is 537 g/mol. The Morgan fingerprint density at radius 1 is 1.05 bits per heavy atom. The first-order valence-corrected chi connectivity index (χ1v) is 13.6. The van der Waals surface area contributed by atoms with Crippen LogP contribution in [0, 0.1) is 0 Å². The van der Waals surface area contributed by atoms with Gasteiger partial charge in [-0.2, -0.15) is 0 Å². The Morgan fingerprint density at radius 2 is 1.73 bits per heavy atom. The highest BCUT2D eigenvalue weighted by molar-refractivity contribution is 7.90. The molecular formula is C29H28ClNO5S. The maximum atomic E-state index is 14.2. The summed E-state index contributed by atoms with van der Waals surface area (Å²) in [5.74, 6) is -0.582. The number of methoxy groups -OCH3 is 1. The van der Waals surface area contributed by atoms with Gasteiger partial charge in [-0.1, -0.05) is 61.9 Å². The van der Waals surface area contributed by atoms with Gasteiger partial charge < -0.3 is 9.84 Å². The third kappa shape index (κ3) is 5.15. The topological polar surface area (TPSA) is 85.6 Å². The Labute approximate surface area is 221 Å². The average Bonchev–Trinajstić information content (AvgIpc) is 3.21. The highest BCUT2D eigenvalue weighted by Gasteiger charge is 2.30. The van der Waals surface area contributed by atoms with Crippen LogP contribution in [0.3, 0.4) is 0 Å². The van der Waals surface area contributed by atoms with Gasteiger partial charge in [-0.25, -0.2) is 17.2 Å². The van der Waals surface area contributed by atoms with E-state index in [-0.39, 0.29) is 17.7 Å². The van der Waals surface area contributed by atoms with Gasteiger partial charge in [0.1, 0.15) is 16.6 Å². The van der Waals surface area contributed by atoms with Crippen molar-refractivity contribution >= 4 is 38.5 Å². The number of nitrogens with zero attached hydrogens (tertiary/aromatic N) is 1. The summed E-state index contributed by atoms with van der Waals surface area (Å²) in [6.45, 7) is 8.00. The molecule has 6 nitrogen and oxygen atoms in total. The standard InChI is InChI=1S/C29H28ClNO5S/c1-5-28(21-9-7-20(8-10-21)18(2)3)37(34,35)31-24(17-22-16-23(30)11-13-26(22)31)14-19-6-12-25(29(32)33)27(15-19)36-4/h5-13,15-18,28H,1,14H2,2-4H3,(H,32,33). The number of halogens is 1. The SMILES string of the molecule is C=CC(c1ccc(C(C)C)cc1)S(=O)(=O)n1c(Cc2ccc(C(=O)O)c(OC)c2)cc2cc(Cl)ccc21. The number of carboxylic acid groups (broad SMARTS) is 1. The van der Waals surface area contributed by atoms with Crippen molar-refractivity contribution in [1.29, 1.82) is 0 Å². The summed E-state index contributed by atoms with van der Waals surface area (Å²) in [4.78, 5) is 11.5. The summed E-state index contributed by atoms with van der Waals surface area (Å²) >= 11 is 6.22. The van der Waals surface area contributed by atoms with E-state index in [9.17, 15) is 18.3 Å². The number of rotatable bonds is 9. The van der Waals surface area contributed by atoms with Crippen molar-refractivity contribution in [3.05, 3.63) is 112 Å². The molecular weight excluding hydrogens is 510 g/mol. The van der Waals surface area contributed by atoms with Crippen molar-refractivity contribution in [3.63, 3.8) is 0 Å². The van der Waals surface area contributed by atoms with E-state index in [2.05, 4.69) is 20.4 Å². The van der Waals surface area contributed by atoms with Crippen molar-refractivity contribution < 1.29 is 23.1 Å². The Balaban J connectivity index is 1.86. The van der Waals surface area contributed by atoms with E-state index in [1.165, 1.54) is 23.2 Å². The second-order valence-electron chi connectivity index (χ2n) is 9.14. The molecule has 4 rings (SSSR count). The molecule has 37 heavy (non-hydrogen) atoms. The molecule has 0 radical (unpaired) electrons. The van der Waals surface area contributed by atoms with Crippen LogP contribution in [0.5, 0.6) is 5.75 Å². The van der Waals surface area contributed by atoms with Crippen LogP contribution in [-0.4, -0.2) is 30.6 Å². The Bertz CT molecular complexity index is 1590. The first kappa shape index (κ1) is 26.5. The van der Waals surface area contributed by atoms with Gasteiger partial charge >= 0.3 is 5.97 Å². The molecule has 0 aliphatic carbocycles. The molecule has 1 aromatic heterocycles. The van der Waals surface area contributed by atoms with E-state index in [1.807, 2.05) is 24.3 Å². The van der Waals surface area contributed by atoms with Crippen LogP contribution in [0.2, 0.25) is 5.02 Å². The zero-order valence-corrected chi connectivity index (χ0v) is 22.4. The molecule has 0 saturated heterocycles. The average molecular weight is 538 g/mol. The molecule has 0 spiro atoms. The fourth-order valence-corrected chi connectivity index (χ4v) is 6.52. The third-order valence-corrected chi connectivity index (χ3v) is 8.68. The van der Waals surface area contributed by atoms with Crippen molar-refractivity contribution in [2.45, 2.75) is 31.4 Å². The number of benzene rings is 3. The number of carboxylic acids is 1. The van der Waals surface area contributed by atoms with Crippen LogP contribution >= 0.6 is 11.6 Å². The highest BCUT2D eigenvalue weighted by atomic mass is 35.5. The van der Waals surface area contributed by atoms with Gasteiger partial charge in [-0.15, -0.1) is 6.58 Å². The smallest absolute Gasteiger partial charge is 0.339 e. The Kier molecular flexibility index (Phi) is 7.48. The van der Waals surface area contributed by atoms with Crippen LogP contribution in [0.15, 0.2) is 79.4 Å². The molecule has 0 aliphatic heterocycles. The number of hydrogen-bond acceptors (Lipinski definition) is 4. The number of ether oxygens (including phenoxy) is 1. The van der Waals surface area contributed by atoms with Crippen molar-refractivity contribution in [1.82, 2.24) is 3.97 Å². The molecule has 1 atom stereocenters. The first-order valence-electron chi connectivity index (χ1n) is 11.7. The largest absolute Gasteiger partial charge is 0.496 e. The summed E-state index contributed by atoms with van der Waals surface area (Å²) in [7, 11) is -2.59. The zero-order valence-electron chi connectivity index (χ0n) is 20.8. The van der Waals surface area contributed by atoms with Gasteiger partial charge in [0.2, 0.25) is 10.0 Å². The predicted octanol–water partition coefficient (Wildman–Crippen LogP) is 6.82. The highest BCUT2D eigenvalue weighted by Crippen LogP contribution is 2.34. The first-order chi connectivity index (χ1) is 17.6. The van der Waals surface area contributed by atoms with Gasteiger partial charge in [-0.05, 0) is 59.0 Å². The third-order valence-electron chi connectivity index (χ3n) is 6.39. The maximum absolute atomic E-state index is 14.2. The lowest BCUT2D eigenvalue weighted by atomic mass is 10.0. The lowest BCUT2D eigenvalue weighted by Crippen LogP contribution is -2.22. The molecule has 0 amide bonds. The number of hydrogen-bond donors (Lipinski definition) is 1. The normalized spacial score (nSPS) is 12.6. The number of fused-ring (bicyclic) bond motifs is 1. The van der Waals surface area contributed by atoms with E-state index in [0.29, 0.717) is 38.7 Å². The molecule has 4 aromatic rings. The van der Waals surface area contributed by atoms with E-state index in [4.69, 9.17) is 16.3 Å². The van der Waals surface area contributed by atoms with E-state index < -0.39 is 21.2 Å². The van der Waals surface area contributed by atoms with Crippen molar-refractivity contribution in [2.24, 2.45) is 0 Å². The molecule has 0 bridgehead atoms. The van der Waals surface area contributed by atoms with Crippen molar-refractivity contribution in [2.75, 3.05) is 7.11 Å². The second kappa shape index (κ2) is 10.4. The van der Waals surface area contributed by atoms with Crippen LogP contribution in [0.25, 0.3) is 10.9 Å². The second-order valence-corrected chi connectivity index (χ2v) is 11.5. The van der Waals surface area contributed by atoms with Gasteiger partial charge in [0.05, 0.1) is 12.6 Å². The quantitative estimate of drug-likeness (QED) is 0.237. The molecule has 1 unspecified atom stereocenters. The summed E-state index contributed by atoms with van der Waals surface area (Å²) in [6, 6.07) is 19.1. The molecule has 1 heterocycles. The minimum atomic E-state index is -3.99. The number of aromatic nitrogens is 1.